The molecule has 2 atom stereocenters. The molecule has 3 rings (SSSR count). The molecule has 2 fully saturated rings. The Labute approximate surface area is 123 Å². The van der Waals surface area contributed by atoms with E-state index in [0.717, 1.165) is 13.0 Å². The second-order valence-corrected chi connectivity index (χ2v) is 6.93. The smallest absolute Gasteiger partial charge is 0.0236 e. The molecule has 1 aliphatic carbocycles. The summed E-state index contributed by atoms with van der Waals surface area (Å²) in [6.07, 6.45) is 5.41. The normalized spacial score (nSPS) is 29.3. The van der Waals surface area contributed by atoms with E-state index >= 15 is 0 Å². The zero-order valence-electron chi connectivity index (χ0n) is 12.9. The fourth-order valence-corrected chi connectivity index (χ4v) is 3.48. The molecular formula is C18H28N2. The highest BCUT2D eigenvalue weighted by atomic mass is 15.2. The first-order chi connectivity index (χ1) is 9.71. The Bertz CT molecular complexity index is 424. The van der Waals surface area contributed by atoms with Crippen molar-refractivity contribution in [1.82, 2.24) is 10.2 Å². The Morgan fingerprint density at radius 1 is 1.25 bits per heavy atom. The van der Waals surface area contributed by atoms with Crippen LogP contribution < -0.4 is 5.32 Å². The Morgan fingerprint density at radius 3 is 2.65 bits per heavy atom. The molecule has 1 N–H and O–H groups in total. The largest absolute Gasteiger partial charge is 0.311 e. The van der Waals surface area contributed by atoms with E-state index in [1.54, 1.807) is 0 Å². The van der Waals surface area contributed by atoms with Crippen LogP contribution in [0.15, 0.2) is 30.3 Å². The Kier molecular flexibility index (Phi) is 4.13. The Morgan fingerprint density at radius 2 is 2.00 bits per heavy atom. The maximum absolute atomic E-state index is 3.73. The summed E-state index contributed by atoms with van der Waals surface area (Å²) in [6, 6.07) is 12.2. The zero-order valence-corrected chi connectivity index (χ0v) is 12.9. The molecule has 1 aliphatic heterocycles. The summed E-state index contributed by atoms with van der Waals surface area (Å²) in [5.41, 5.74) is 2.12. The van der Waals surface area contributed by atoms with Crippen molar-refractivity contribution in [1.29, 1.82) is 0 Å². The van der Waals surface area contributed by atoms with Gasteiger partial charge in [-0.3, -0.25) is 4.90 Å². The van der Waals surface area contributed by atoms with Gasteiger partial charge in [0.05, 0.1) is 0 Å². The van der Waals surface area contributed by atoms with Crippen molar-refractivity contribution >= 4 is 0 Å². The predicted octanol–water partition coefficient (Wildman–Crippen LogP) is 3.08. The van der Waals surface area contributed by atoms with Crippen LogP contribution in [-0.4, -0.2) is 36.6 Å². The highest BCUT2D eigenvalue weighted by molar-refractivity contribution is 5.16. The molecule has 0 radical (unpaired) electrons. The van der Waals surface area contributed by atoms with Gasteiger partial charge in [-0.1, -0.05) is 37.3 Å². The van der Waals surface area contributed by atoms with Crippen molar-refractivity contribution in [3.05, 3.63) is 35.9 Å². The lowest BCUT2D eigenvalue weighted by Crippen LogP contribution is -2.57. The van der Waals surface area contributed by atoms with Crippen LogP contribution in [0.2, 0.25) is 0 Å². The molecule has 0 bridgehead atoms. The summed E-state index contributed by atoms with van der Waals surface area (Å²) >= 11 is 0. The Hall–Kier alpha value is -0.860. The lowest BCUT2D eigenvalue weighted by Gasteiger charge is -2.40. The molecule has 1 saturated heterocycles. The van der Waals surface area contributed by atoms with E-state index in [2.05, 4.69) is 54.4 Å². The number of hydrogen-bond acceptors (Lipinski definition) is 2. The standard InChI is InChI=1S/C18H28N2/c1-3-18(9-10-18)14-20-13-17(19-12-15(20)2)11-16-7-5-4-6-8-16/h4-8,15,17,19H,3,9-14H2,1-2H3. The second-order valence-electron chi connectivity index (χ2n) is 6.93. The number of hydrogen-bond donors (Lipinski definition) is 1. The van der Waals surface area contributed by atoms with Crippen LogP contribution >= 0.6 is 0 Å². The molecule has 110 valence electrons. The van der Waals surface area contributed by atoms with Gasteiger partial charge in [0.25, 0.3) is 0 Å². The van der Waals surface area contributed by atoms with Gasteiger partial charge in [-0.15, -0.1) is 0 Å². The zero-order chi connectivity index (χ0) is 14.0. The highest BCUT2D eigenvalue weighted by Gasteiger charge is 2.43. The van der Waals surface area contributed by atoms with Crippen LogP contribution in [-0.2, 0) is 6.42 Å². The van der Waals surface area contributed by atoms with Gasteiger partial charge in [-0.25, -0.2) is 0 Å². The summed E-state index contributed by atoms with van der Waals surface area (Å²) in [4.78, 5) is 2.74. The summed E-state index contributed by atoms with van der Waals surface area (Å²) < 4.78 is 0. The van der Waals surface area contributed by atoms with Gasteiger partial charge >= 0.3 is 0 Å². The van der Waals surface area contributed by atoms with Crippen LogP contribution in [0.3, 0.4) is 0 Å². The Balaban J connectivity index is 1.58. The molecule has 1 aromatic carbocycles. The molecule has 0 aromatic heterocycles. The van der Waals surface area contributed by atoms with Gasteiger partial charge in [-0.05, 0) is 43.6 Å². The van der Waals surface area contributed by atoms with E-state index in [-0.39, 0.29) is 0 Å². The second kappa shape index (κ2) is 5.87. The number of piperazine rings is 1. The quantitative estimate of drug-likeness (QED) is 0.886. The minimum atomic E-state index is 0.612. The molecule has 0 amide bonds. The molecule has 0 spiro atoms. The minimum Gasteiger partial charge on any atom is -0.311 e. The van der Waals surface area contributed by atoms with Crippen LogP contribution in [0.5, 0.6) is 0 Å². The van der Waals surface area contributed by atoms with Crippen molar-refractivity contribution in [3.63, 3.8) is 0 Å². The fourth-order valence-electron chi connectivity index (χ4n) is 3.48. The van der Waals surface area contributed by atoms with E-state index in [4.69, 9.17) is 0 Å². The summed E-state index contributed by atoms with van der Waals surface area (Å²) in [6.45, 7) is 8.39. The van der Waals surface area contributed by atoms with Crippen molar-refractivity contribution in [2.75, 3.05) is 19.6 Å². The van der Waals surface area contributed by atoms with Crippen molar-refractivity contribution in [2.24, 2.45) is 5.41 Å². The third kappa shape index (κ3) is 3.24. The highest BCUT2D eigenvalue weighted by Crippen LogP contribution is 2.49. The summed E-state index contributed by atoms with van der Waals surface area (Å²) in [7, 11) is 0. The molecule has 2 aliphatic rings. The van der Waals surface area contributed by atoms with E-state index in [1.807, 2.05) is 0 Å². The van der Waals surface area contributed by atoms with Crippen LogP contribution in [0.25, 0.3) is 0 Å². The van der Waals surface area contributed by atoms with Gasteiger partial charge in [0.1, 0.15) is 0 Å². The topological polar surface area (TPSA) is 15.3 Å². The average Bonchev–Trinajstić information content (AvgIpc) is 3.24. The molecule has 2 nitrogen and oxygen atoms in total. The third-order valence-corrected chi connectivity index (χ3v) is 5.35. The van der Waals surface area contributed by atoms with E-state index < -0.39 is 0 Å². The molecule has 1 saturated carbocycles. The monoisotopic (exact) mass is 272 g/mol. The first-order valence-electron chi connectivity index (χ1n) is 8.22. The molecule has 20 heavy (non-hydrogen) atoms. The van der Waals surface area contributed by atoms with Crippen molar-refractivity contribution in [3.8, 4) is 0 Å². The van der Waals surface area contributed by atoms with Gasteiger partial charge < -0.3 is 5.32 Å². The number of benzene rings is 1. The molecular weight excluding hydrogens is 244 g/mol. The van der Waals surface area contributed by atoms with Crippen LogP contribution in [0.4, 0.5) is 0 Å². The van der Waals surface area contributed by atoms with E-state index in [0.29, 0.717) is 17.5 Å². The first-order valence-corrected chi connectivity index (χ1v) is 8.22. The van der Waals surface area contributed by atoms with Gasteiger partial charge in [0.15, 0.2) is 0 Å². The average molecular weight is 272 g/mol. The maximum Gasteiger partial charge on any atom is 0.0236 e. The minimum absolute atomic E-state index is 0.612. The maximum atomic E-state index is 3.73. The number of nitrogens with zero attached hydrogens (tertiary/aromatic N) is 1. The first kappa shape index (κ1) is 14.1. The summed E-state index contributed by atoms with van der Waals surface area (Å²) in [5.74, 6) is 0. The van der Waals surface area contributed by atoms with Crippen LogP contribution in [0.1, 0.15) is 38.7 Å². The third-order valence-electron chi connectivity index (χ3n) is 5.35. The van der Waals surface area contributed by atoms with E-state index in [1.165, 1.54) is 37.9 Å². The number of nitrogens with one attached hydrogen (secondary N) is 1. The van der Waals surface area contributed by atoms with Gasteiger partial charge in [-0.2, -0.15) is 0 Å². The molecule has 1 aromatic rings. The van der Waals surface area contributed by atoms with E-state index in [9.17, 15) is 0 Å². The molecule has 2 heteroatoms. The SMILES string of the molecule is CCC1(CN2CC(Cc3ccccc3)NCC2C)CC1. The molecule has 2 unspecified atom stereocenters. The van der Waals surface area contributed by atoms with Crippen molar-refractivity contribution in [2.45, 2.75) is 51.6 Å². The molecule has 1 heterocycles. The van der Waals surface area contributed by atoms with Gasteiger partial charge in [0, 0.05) is 31.7 Å². The van der Waals surface area contributed by atoms with Crippen molar-refractivity contribution < 1.29 is 0 Å². The van der Waals surface area contributed by atoms with Gasteiger partial charge in [0.2, 0.25) is 0 Å². The fraction of sp³-hybridized carbons (Fsp3) is 0.667. The number of rotatable bonds is 5. The summed E-state index contributed by atoms with van der Waals surface area (Å²) in [5, 5.41) is 3.73. The van der Waals surface area contributed by atoms with Crippen LogP contribution in [0, 0.1) is 5.41 Å². The lowest BCUT2D eigenvalue weighted by atomic mass is 9.98. The lowest BCUT2D eigenvalue weighted by molar-refractivity contribution is 0.112. The predicted molar refractivity (Wildman–Crippen MR) is 84.9 cm³/mol.